The molecule has 7 heteroatoms. The number of primary amides is 1. The largest absolute Gasteiger partial charge is 0.366 e. The highest BCUT2D eigenvalue weighted by Crippen LogP contribution is 2.20. The molecule has 1 aromatic carbocycles. The highest BCUT2D eigenvalue weighted by atomic mass is 19.1. The molecular weight excluding hydrogens is 256 g/mol. The first-order valence-corrected chi connectivity index (χ1v) is 5.48. The van der Waals surface area contributed by atoms with Gasteiger partial charge in [0, 0.05) is 18.0 Å². The first kappa shape index (κ1) is 15.0. The molecule has 0 aliphatic rings. The van der Waals surface area contributed by atoms with Crippen LogP contribution < -0.4 is 16.8 Å². The smallest absolute Gasteiger partial charge is 0.251 e. The molecule has 104 valence electrons. The van der Waals surface area contributed by atoms with Crippen molar-refractivity contribution >= 4 is 17.5 Å². The van der Waals surface area contributed by atoms with E-state index in [1.54, 1.807) is 13.8 Å². The highest BCUT2D eigenvalue weighted by molar-refractivity contribution is 5.96. The number of benzene rings is 1. The molecule has 1 aromatic rings. The average Bonchev–Trinajstić information content (AvgIpc) is 2.18. The molecule has 0 bridgehead atoms. The molecule has 19 heavy (non-hydrogen) atoms. The van der Waals surface area contributed by atoms with Crippen LogP contribution in [0.5, 0.6) is 0 Å². The van der Waals surface area contributed by atoms with Gasteiger partial charge < -0.3 is 16.8 Å². The first-order valence-electron chi connectivity index (χ1n) is 5.48. The van der Waals surface area contributed by atoms with Gasteiger partial charge in [-0.15, -0.1) is 0 Å². The molecule has 0 fully saturated rings. The average molecular weight is 271 g/mol. The predicted molar refractivity (Wildman–Crippen MR) is 66.4 cm³/mol. The number of hydrogen-bond donors (Lipinski definition) is 3. The van der Waals surface area contributed by atoms with Crippen LogP contribution in [0.25, 0.3) is 0 Å². The van der Waals surface area contributed by atoms with Crippen LogP contribution in [0, 0.1) is 11.6 Å². The molecular formula is C12H15F2N3O2. The Morgan fingerprint density at radius 3 is 2.32 bits per heavy atom. The summed E-state index contributed by atoms with van der Waals surface area (Å²) in [6, 6.07) is 1.34. The van der Waals surface area contributed by atoms with Gasteiger partial charge in [-0.2, -0.15) is 0 Å². The van der Waals surface area contributed by atoms with E-state index in [1.165, 1.54) is 0 Å². The van der Waals surface area contributed by atoms with Crippen LogP contribution in [0.3, 0.4) is 0 Å². The number of nitrogens with one attached hydrogen (secondary N) is 1. The maximum absolute atomic E-state index is 13.4. The lowest BCUT2D eigenvalue weighted by Crippen LogP contribution is -2.36. The van der Waals surface area contributed by atoms with Gasteiger partial charge >= 0.3 is 0 Å². The number of halogens is 2. The molecule has 0 atom stereocenters. The second kappa shape index (κ2) is 5.31. The Morgan fingerprint density at radius 1 is 1.26 bits per heavy atom. The third-order valence-corrected chi connectivity index (χ3v) is 2.21. The molecule has 2 amide bonds. The van der Waals surface area contributed by atoms with Gasteiger partial charge in [-0.3, -0.25) is 9.59 Å². The molecule has 0 unspecified atom stereocenters. The fraction of sp³-hybridized carbons (Fsp3) is 0.333. The Hall–Kier alpha value is -2.02. The lowest BCUT2D eigenvalue weighted by Gasteiger charge is -2.17. The van der Waals surface area contributed by atoms with Crippen LogP contribution in [-0.4, -0.2) is 17.4 Å². The fourth-order valence-electron chi connectivity index (χ4n) is 1.44. The molecule has 0 heterocycles. The third-order valence-electron chi connectivity index (χ3n) is 2.21. The van der Waals surface area contributed by atoms with E-state index < -0.39 is 34.6 Å². The SMILES string of the molecule is CC(C)(N)CC(=O)Nc1cc(C(N)=O)c(F)cc1F. The summed E-state index contributed by atoms with van der Waals surface area (Å²) in [7, 11) is 0. The molecule has 0 saturated carbocycles. The Labute approximate surface area is 109 Å². The lowest BCUT2D eigenvalue weighted by atomic mass is 10.0. The molecule has 1 rings (SSSR count). The lowest BCUT2D eigenvalue weighted by molar-refractivity contribution is -0.117. The summed E-state index contributed by atoms with van der Waals surface area (Å²) >= 11 is 0. The van der Waals surface area contributed by atoms with Crippen molar-refractivity contribution in [2.45, 2.75) is 25.8 Å². The Balaban J connectivity index is 2.99. The van der Waals surface area contributed by atoms with Crippen LogP contribution in [0.15, 0.2) is 12.1 Å². The number of hydrogen-bond acceptors (Lipinski definition) is 3. The number of carbonyl (C=O) groups excluding carboxylic acids is 2. The summed E-state index contributed by atoms with van der Waals surface area (Å²) in [5.41, 5.74) is 8.99. The summed E-state index contributed by atoms with van der Waals surface area (Å²) in [5, 5.41) is 2.22. The molecule has 0 spiro atoms. The second-order valence-corrected chi connectivity index (χ2v) is 4.89. The zero-order chi connectivity index (χ0) is 14.8. The molecule has 5 N–H and O–H groups in total. The van der Waals surface area contributed by atoms with E-state index in [2.05, 4.69) is 5.32 Å². The Kier molecular flexibility index (Phi) is 4.21. The highest BCUT2D eigenvalue weighted by Gasteiger charge is 2.19. The van der Waals surface area contributed by atoms with Gasteiger partial charge in [0.15, 0.2) is 0 Å². The fourth-order valence-corrected chi connectivity index (χ4v) is 1.44. The normalized spacial score (nSPS) is 11.2. The van der Waals surface area contributed by atoms with Crippen LogP contribution in [-0.2, 0) is 4.79 Å². The van der Waals surface area contributed by atoms with Crippen molar-refractivity contribution in [2.75, 3.05) is 5.32 Å². The third kappa shape index (κ3) is 4.29. The van der Waals surface area contributed by atoms with Gasteiger partial charge in [0.05, 0.1) is 11.3 Å². The topological polar surface area (TPSA) is 98.2 Å². The second-order valence-electron chi connectivity index (χ2n) is 4.89. The standard InChI is InChI=1S/C12H15F2N3O2/c1-12(2,16)5-10(18)17-9-3-6(11(15)19)7(13)4-8(9)14/h3-4H,5,16H2,1-2H3,(H2,15,19)(H,17,18). The van der Waals surface area contributed by atoms with E-state index in [1.807, 2.05) is 0 Å². The van der Waals surface area contributed by atoms with Crippen LogP contribution in [0.2, 0.25) is 0 Å². The van der Waals surface area contributed by atoms with E-state index in [-0.39, 0.29) is 12.1 Å². The van der Waals surface area contributed by atoms with Crippen molar-refractivity contribution in [3.8, 4) is 0 Å². The minimum Gasteiger partial charge on any atom is -0.366 e. The van der Waals surface area contributed by atoms with Gasteiger partial charge in [-0.25, -0.2) is 8.78 Å². The summed E-state index contributed by atoms with van der Waals surface area (Å²) in [6.07, 6.45) is -0.0598. The minimum atomic E-state index is -1.08. The first-order chi connectivity index (χ1) is 8.60. The Bertz CT molecular complexity index is 524. The van der Waals surface area contributed by atoms with Gasteiger partial charge in [-0.1, -0.05) is 0 Å². The summed E-state index contributed by atoms with van der Waals surface area (Å²) in [4.78, 5) is 22.5. The van der Waals surface area contributed by atoms with E-state index in [4.69, 9.17) is 11.5 Å². The molecule has 5 nitrogen and oxygen atoms in total. The van der Waals surface area contributed by atoms with Crippen LogP contribution >= 0.6 is 0 Å². The van der Waals surface area contributed by atoms with Crippen LogP contribution in [0.1, 0.15) is 30.6 Å². The van der Waals surface area contributed by atoms with Gasteiger partial charge in [0.1, 0.15) is 11.6 Å². The van der Waals surface area contributed by atoms with E-state index >= 15 is 0 Å². The van der Waals surface area contributed by atoms with Crippen molar-refractivity contribution in [1.29, 1.82) is 0 Å². The van der Waals surface area contributed by atoms with Crippen molar-refractivity contribution in [1.82, 2.24) is 0 Å². The van der Waals surface area contributed by atoms with Crippen molar-refractivity contribution in [2.24, 2.45) is 11.5 Å². The molecule has 0 aliphatic heterocycles. The number of anilines is 1. The van der Waals surface area contributed by atoms with Gasteiger partial charge in [-0.05, 0) is 19.9 Å². The maximum Gasteiger partial charge on any atom is 0.251 e. The van der Waals surface area contributed by atoms with Crippen molar-refractivity contribution in [3.05, 3.63) is 29.3 Å². The van der Waals surface area contributed by atoms with Crippen molar-refractivity contribution in [3.63, 3.8) is 0 Å². The Morgan fingerprint density at radius 2 is 1.84 bits per heavy atom. The summed E-state index contributed by atoms with van der Waals surface area (Å²) < 4.78 is 26.7. The van der Waals surface area contributed by atoms with Crippen LogP contribution in [0.4, 0.5) is 14.5 Å². The number of nitrogens with two attached hydrogens (primary N) is 2. The maximum atomic E-state index is 13.4. The summed E-state index contributed by atoms with van der Waals surface area (Å²) in [6.45, 7) is 3.25. The number of carbonyl (C=O) groups is 2. The van der Waals surface area contributed by atoms with Gasteiger partial charge in [0.25, 0.3) is 5.91 Å². The molecule has 0 aromatic heterocycles. The number of rotatable bonds is 4. The quantitative estimate of drug-likeness (QED) is 0.765. The molecule has 0 radical (unpaired) electrons. The van der Waals surface area contributed by atoms with E-state index in [0.29, 0.717) is 6.07 Å². The van der Waals surface area contributed by atoms with Gasteiger partial charge in [0.2, 0.25) is 5.91 Å². The minimum absolute atomic E-state index is 0.0598. The van der Waals surface area contributed by atoms with E-state index in [9.17, 15) is 18.4 Å². The van der Waals surface area contributed by atoms with E-state index in [0.717, 1.165) is 6.07 Å². The van der Waals surface area contributed by atoms with Crippen molar-refractivity contribution < 1.29 is 18.4 Å². The monoisotopic (exact) mass is 271 g/mol. The summed E-state index contributed by atoms with van der Waals surface area (Å²) in [5.74, 6) is -3.67. The predicted octanol–water partition coefficient (Wildman–Crippen LogP) is 1.13. The zero-order valence-electron chi connectivity index (χ0n) is 10.6. The molecule has 0 aliphatic carbocycles. The molecule has 0 saturated heterocycles. The zero-order valence-corrected chi connectivity index (χ0v) is 10.6. The number of amides is 2.